The van der Waals surface area contributed by atoms with Crippen LogP contribution in [0.15, 0.2) is 36.5 Å². The molecule has 6 heteroatoms. The summed E-state index contributed by atoms with van der Waals surface area (Å²) in [6, 6.07) is 11.5. The third-order valence-electron chi connectivity index (χ3n) is 8.08. The average molecular weight is 384 g/mol. The highest BCUT2D eigenvalue weighted by Crippen LogP contribution is 2.65. The van der Waals surface area contributed by atoms with Gasteiger partial charge in [-0.3, -0.25) is 10.2 Å². The lowest BCUT2D eigenvalue weighted by Gasteiger charge is -2.48. The first-order chi connectivity index (χ1) is 14.2. The molecule has 146 valence electrons. The van der Waals surface area contributed by atoms with E-state index in [4.69, 9.17) is 5.73 Å². The van der Waals surface area contributed by atoms with E-state index in [-0.39, 0.29) is 0 Å². The van der Waals surface area contributed by atoms with Crippen molar-refractivity contribution in [2.24, 2.45) is 17.8 Å². The van der Waals surface area contributed by atoms with E-state index in [0.717, 1.165) is 28.3 Å². The van der Waals surface area contributed by atoms with Gasteiger partial charge in [0.1, 0.15) is 0 Å². The maximum Gasteiger partial charge on any atom is 0.153 e. The Labute approximate surface area is 168 Å². The number of nitrogens with zero attached hydrogens (tertiary/aromatic N) is 3. The van der Waals surface area contributed by atoms with Crippen molar-refractivity contribution in [3.8, 4) is 0 Å². The van der Waals surface area contributed by atoms with Crippen molar-refractivity contribution in [1.82, 2.24) is 20.4 Å². The van der Waals surface area contributed by atoms with Gasteiger partial charge in [0.25, 0.3) is 0 Å². The highest BCUT2D eigenvalue weighted by Gasteiger charge is 2.55. The van der Waals surface area contributed by atoms with E-state index in [1.54, 1.807) is 0 Å². The number of nitrogens with two attached hydrogens (primary N) is 1. The Bertz CT molecular complexity index is 1270. The van der Waals surface area contributed by atoms with Gasteiger partial charge in [-0.15, -0.1) is 0 Å². The van der Waals surface area contributed by atoms with E-state index in [0.29, 0.717) is 23.7 Å². The first-order valence-corrected chi connectivity index (χ1v) is 10.6. The van der Waals surface area contributed by atoms with E-state index in [9.17, 15) is 0 Å². The van der Waals surface area contributed by atoms with Gasteiger partial charge < -0.3 is 10.6 Å². The molecule has 0 amide bonds. The van der Waals surface area contributed by atoms with Crippen molar-refractivity contribution in [3.05, 3.63) is 47.7 Å². The number of anilines is 2. The quantitative estimate of drug-likeness (QED) is 0.456. The molecule has 4 N–H and O–H groups in total. The van der Waals surface area contributed by atoms with Crippen LogP contribution in [0, 0.1) is 17.8 Å². The van der Waals surface area contributed by atoms with Gasteiger partial charge in [0.15, 0.2) is 5.82 Å². The highest BCUT2D eigenvalue weighted by molar-refractivity contribution is 5.90. The molecule has 6 nitrogen and oxygen atoms in total. The molecule has 29 heavy (non-hydrogen) atoms. The molecule has 2 fully saturated rings. The van der Waals surface area contributed by atoms with Gasteiger partial charge in [0.2, 0.25) is 0 Å². The number of hydrogen-bond donors (Lipinski definition) is 3. The number of aromatic nitrogens is 4. The number of aromatic amines is 2. The summed E-state index contributed by atoms with van der Waals surface area (Å²) in [4.78, 5) is 2.51. The third kappa shape index (κ3) is 1.92. The molecule has 2 aliphatic carbocycles. The largest absolute Gasteiger partial charge is 0.382 e. The van der Waals surface area contributed by atoms with E-state index in [2.05, 4.69) is 62.7 Å². The third-order valence-corrected chi connectivity index (χ3v) is 8.08. The van der Waals surface area contributed by atoms with Crippen molar-refractivity contribution < 1.29 is 0 Å². The average Bonchev–Trinajstić information content (AvgIpc) is 3.52. The number of benzene rings is 2. The first kappa shape index (κ1) is 15.9. The molecule has 2 aromatic heterocycles. The maximum atomic E-state index is 6.14. The molecule has 2 saturated carbocycles. The summed E-state index contributed by atoms with van der Waals surface area (Å²) >= 11 is 0. The van der Waals surface area contributed by atoms with Crippen LogP contribution in [-0.4, -0.2) is 27.4 Å². The van der Waals surface area contributed by atoms with Gasteiger partial charge in [-0.2, -0.15) is 10.2 Å². The summed E-state index contributed by atoms with van der Waals surface area (Å²) in [5.74, 6) is 3.43. The van der Waals surface area contributed by atoms with E-state index in [1.165, 1.54) is 41.5 Å². The zero-order chi connectivity index (χ0) is 19.3. The number of nitrogen functional groups attached to an aromatic ring is 1. The van der Waals surface area contributed by atoms with Gasteiger partial charge in [0, 0.05) is 23.5 Å². The summed E-state index contributed by atoms with van der Waals surface area (Å²) in [6.07, 6.45) is 6.12. The Morgan fingerprint density at radius 1 is 1.03 bits per heavy atom. The Balaban J connectivity index is 1.47. The fraction of sp³-hybridized carbons (Fsp3) is 0.391. The number of fused-ring (bicyclic) bond motifs is 10. The summed E-state index contributed by atoms with van der Waals surface area (Å²) in [5.41, 5.74) is 12.5. The normalized spacial score (nSPS) is 30.2. The van der Waals surface area contributed by atoms with Crippen molar-refractivity contribution in [2.45, 2.75) is 31.2 Å². The van der Waals surface area contributed by atoms with Gasteiger partial charge in [-0.05, 0) is 78.3 Å². The summed E-state index contributed by atoms with van der Waals surface area (Å²) in [6.45, 7) is 0. The lowest BCUT2D eigenvalue weighted by molar-refractivity contribution is 0.231. The minimum atomic E-state index is 0.367. The lowest BCUT2D eigenvalue weighted by atomic mass is 9.66. The number of hydrogen-bond acceptors (Lipinski definition) is 4. The molecule has 0 spiro atoms. The fourth-order valence-corrected chi connectivity index (χ4v) is 6.99. The Morgan fingerprint density at radius 3 is 2.79 bits per heavy atom. The molecule has 1 aliphatic heterocycles. The lowest BCUT2D eigenvalue weighted by Crippen LogP contribution is -2.41. The van der Waals surface area contributed by atoms with Gasteiger partial charge in [-0.1, -0.05) is 6.07 Å². The second-order valence-corrected chi connectivity index (χ2v) is 9.24. The van der Waals surface area contributed by atoms with Crippen LogP contribution in [0.3, 0.4) is 0 Å². The second-order valence-electron chi connectivity index (χ2n) is 9.24. The minimum absolute atomic E-state index is 0.367. The molecule has 5 atom stereocenters. The SMILES string of the molecule is CN1c2ccc3[nH]ncc3c2[C@H]2C3CCC(C3)[C@H]2[C@@H]1c1ccc2[nH]nc(N)c2c1. The topological polar surface area (TPSA) is 86.6 Å². The predicted octanol–water partition coefficient (Wildman–Crippen LogP) is 4.34. The predicted molar refractivity (Wildman–Crippen MR) is 115 cm³/mol. The molecular formula is C23H24N6. The van der Waals surface area contributed by atoms with Crippen molar-refractivity contribution in [2.75, 3.05) is 17.7 Å². The molecule has 0 saturated heterocycles. The van der Waals surface area contributed by atoms with E-state index in [1.807, 2.05) is 6.20 Å². The molecule has 0 radical (unpaired) electrons. The van der Waals surface area contributed by atoms with Crippen molar-refractivity contribution in [3.63, 3.8) is 0 Å². The zero-order valence-electron chi connectivity index (χ0n) is 16.4. The van der Waals surface area contributed by atoms with E-state index < -0.39 is 0 Å². The van der Waals surface area contributed by atoms with Crippen LogP contribution >= 0.6 is 0 Å². The molecule has 3 aliphatic rings. The van der Waals surface area contributed by atoms with Crippen LogP contribution in [-0.2, 0) is 0 Å². The van der Waals surface area contributed by atoms with Crippen LogP contribution in [0.1, 0.15) is 42.3 Å². The molecule has 2 bridgehead atoms. The smallest absolute Gasteiger partial charge is 0.153 e. The molecule has 7 rings (SSSR count). The van der Waals surface area contributed by atoms with Gasteiger partial charge in [-0.25, -0.2) is 0 Å². The summed E-state index contributed by atoms with van der Waals surface area (Å²) < 4.78 is 0. The molecule has 2 aromatic carbocycles. The maximum absolute atomic E-state index is 6.14. The van der Waals surface area contributed by atoms with Crippen LogP contribution < -0.4 is 10.6 Å². The monoisotopic (exact) mass is 384 g/mol. The molecule has 3 heterocycles. The Morgan fingerprint density at radius 2 is 1.86 bits per heavy atom. The molecular weight excluding hydrogens is 360 g/mol. The van der Waals surface area contributed by atoms with Gasteiger partial charge in [0.05, 0.1) is 23.3 Å². The van der Waals surface area contributed by atoms with E-state index >= 15 is 0 Å². The van der Waals surface area contributed by atoms with Crippen LogP contribution in [0.4, 0.5) is 11.5 Å². The van der Waals surface area contributed by atoms with Gasteiger partial charge >= 0.3 is 0 Å². The molecule has 2 unspecified atom stereocenters. The second kappa shape index (κ2) is 5.32. The van der Waals surface area contributed by atoms with Crippen LogP contribution in [0.5, 0.6) is 0 Å². The van der Waals surface area contributed by atoms with Crippen molar-refractivity contribution >= 4 is 33.3 Å². The fourth-order valence-electron chi connectivity index (χ4n) is 6.99. The minimum Gasteiger partial charge on any atom is -0.382 e. The zero-order valence-corrected chi connectivity index (χ0v) is 16.4. The van der Waals surface area contributed by atoms with Crippen LogP contribution in [0.25, 0.3) is 21.8 Å². The molecule has 4 aromatic rings. The number of nitrogens with one attached hydrogen (secondary N) is 2. The first-order valence-electron chi connectivity index (χ1n) is 10.6. The Kier molecular flexibility index (Phi) is 2.91. The Hall–Kier alpha value is -3.02. The highest BCUT2D eigenvalue weighted by atomic mass is 15.2. The number of rotatable bonds is 1. The summed E-state index contributed by atoms with van der Waals surface area (Å²) in [7, 11) is 2.26. The van der Waals surface area contributed by atoms with Crippen molar-refractivity contribution in [1.29, 1.82) is 0 Å². The summed E-state index contributed by atoms with van der Waals surface area (Å²) in [5, 5.41) is 17.1. The standard InChI is InChI=1S/C23H24N6/c1-29-18-7-6-17-15(10-25-26-17)21(18)19-11-2-3-12(8-11)20(19)22(29)13-4-5-16-14(9-13)23(24)28-27-16/h4-7,9-12,19-20,22H,2-3,8H2,1H3,(H,25,26)(H3,24,27,28)/t11?,12?,19-,20+,22-/m0/s1. The van der Waals surface area contributed by atoms with Crippen LogP contribution in [0.2, 0.25) is 0 Å². The number of H-pyrrole nitrogens is 2.